The highest BCUT2D eigenvalue weighted by atomic mass is 16.7. The molecule has 0 spiro atoms. The van der Waals surface area contributed by atoms with Gasteiger partial charge in [0.1, 0.15) is 0 Å². The Bertz CT molecular complexity index is 657. The van der Waals surface area contributed by atoms with Crippen molar-refractivity contribution >= 4 is 13.1 Å². The van der Waals surface area contributed by atoms with Gasteiger partial charge in [0.15, 0.2) is 0 Å². The van der Waals surface area contributed by atoms with Gasteiger partial charge in [-0.15, -0.1) is 0 Å². The topological polar surface area (TPSA) is 55.8 Å². The lowest BCUT2D eigenvalue weighted by atomic mass is 9.75. The lowest BCUT2D eigenvalue weighted by Gasteiger charge is -2.32. The van der Waals surface area contributed by atoms with Gasteiger partial charge in [0.2, 0.25) is 0 Å². The van der Waals surface area contributed by atoms with Crippen molar-refractivity contribution in [2.75, 3.05) is 0 Å². The van der Waals surface area contributed by atoms with E-state index >= 15 is 0 Å². The normalized spacial score (nSPS) is 25.2. The highest BCUT2D eigenvalue weighted by Crippen LogP contribution is 2.53. The van der Waals surface area contributed by atoms with Crippen LogP contribution in [0.3, 0.4) is 0 Å². The number of carbonyl (C=O) groups is 1. The van der Waals surface area contributed by atoms with Gasteiger partial charge >= 0.3 is 13.1 Å². The molecule has 0 atom stereocenters. The minimum Gasteiger partial charge on any atom is -0.481 e. The third-order valence-corrected chi connectivity index (χ3v) is 5.53. The van der Waals surface area contributed by atoms with Crippen LogP contribution >= 0.6 is 0 Å². The van der Waals surface area contributed by atoms with Crippen LogP contribution in [-0.2, 0) is 14.1 Å². The van der Waals surface area contributed by atoms with Crippen LogP contribution in [0.1, 0.15) is 101 Å². The fourth-order valence-electron chi connectivity index (χ4n) is 2.93. The predicted molar refractivity (Wildman–Crippen MR) is 127 cm³/mol. The smallest absolute Gasteiger partial charge is 0.481 e. The summed E-state index contributed by atoms with van der Waals surface area (Å²) in [7, 11) is -0.426. The molecule has 4 nitrogen and oxygen atoms in total. The lowest BCUT2D eigenvalue weighted by Crippen LogP contribution is -2.41. The van der Waals surface area contributed by atoms with Crippen molar-refractivity contribution in [3.05, 3.63) is 23.2 Å². The van der Waals surface area contributed by atoms with Crippen LogP contribution in [0.2, 0.25) is 0 Å². The molecule has 3 aliphatic rings. The Hall–Kier alpha value is -1.51. The molecule has 0 radical (unpaired) electrons. The van der Waals surface area contributed by atoms with E-state index in [1.54, 1.807) is 0 Å². The van der Waals surface area contributed by atoms with Gasteiger partial charge in [-0.2, -0.15) is 0 Å². The van der Waals surface area contributed by atoms with E-state index in [4.69, 9.17) is 9.31 Å². The largest absolute Gasteiger partial charge is 0.491 e. The van der Waals surface area contributed by atoms with Crippen molar-refractivity contribution < 1.29 is 19.2 Å². The Morgan fingerprint density at radius 1 is 0.967 bits per heavy atom. The molecule has 1 saturated carbocycles. The van der Waals surface area contributed by atoms with Gasteiger partial charge in [0.25, 0.3) is 0 Å². The van der Waals surface area contributed by atoms with Crippen LogP contribution in [0.25, 0.3) is 0 Å². The average Bonchev–Trinajstić information content (AvgIpc) is 3.43. The van der Waals surface area contributed by atoms with E-state index in [0.29, 0.717) is 25.7 Å². The SMILES string of the molecule is CC.CC.CC1(C)OB(/C2=C/C=C(/C3(C(=O)O)CC3)CC#CC2)OC1(C)C.CCC. The molecule has 2 aliphatic carbocycles. The van der Waals surface area contributed by atoms with E-state index in [0.717, 1.165) is 11.0 Å². The van der Waals surface area contributed by atoms with Crippen LogP contribution in [0.15, 0.2) is 23.2 Å². The third kappa shape index (κ3) is 6.75. The number of rotatable bonds is 3. The first-order valence-corrected chi connectivity index (χ1v) is 11.5. The molecule has 0 amide bonds. The average molecular weight is 418 g/mol. The molecular weight excluding hydrogens is 375 g/mol. The second kappa shape index (κ2) is 12.4. The van der Waals surface area contributed by atoms with E-state index in [1.165, 1.54) is 6.42 Å². The number of hydrogen-bond donors (Lipinski definition) is 1. The minimum atomic E-state index is -0.739. The first-order chi connectivity index (χ1) is 14.1. The maximum Gasteiger partial charge on any atom is 0.491 e. The Morgan fingerprint density at radius 3 is 1.80 bits per heavy atom. The van der Waals surface area contributed by atoms with E-state index in [1.807, 2.05) is 67.5 Å². The predicted octanol–water partition coefficient (Wildman–Crippen LogP) is 6.60. The molecule has 0 unspecified atom stereocenters. The van der Waals surface area contributed by atoms with Crippen LogP contribution < -0.4 is 0 Å². The number of aliphatic carboxylic acids is 1. The number of carboxylic acid groups (broad SMARTS) is 1. The van der Waals surface area contributed by atoms with E-state index in [2.05, 4.69) is 25.7 Å². The molecular formula is C25H43BO4. The summed E-state index contributed by atoms with van der Waals surface area (Å²) in [5, 5.41) is 9.47. The highest BCUT2D eigenvalue weighted by molar-refractivity contribution is 6.54. The zero-order valence-corrected chi connectivity index (χ0v) is 20.9. The summed E-state index contributed by atoms with van der Waals surface area (Å²) in [4.78, 5) is 11.5. The van der Waals surface area contributed by atoms with Crippen molar-refractivity contribution in [2.45, 2.75) is 113 Å². The van der Waals surface area contributed by atoms with Gasteiger partial charge in [-0.3, -0.25) is 4.79 Å². The fourth-order valence-corrected chi connectivity index (χ4v) is 2.93. The Balaban J connectivity index is 0.00000108. The monoisotopic (exact) mass is 418 g/mol. The van der Waals surface area contributed by atoms with Gasteiger partial charge in [-0.05, 0) is 51.6 Å². The van der Waals surface area contributed by atoms with Crippen LogP contribution in [0.5, 0.6) is 0 Å². The minimum absolute atomic E-state index is 0.389. The summed E-state index contributed by atoms with van der Waals surface area (Å²) in [5.41, 5.74) is 0.378. The number of hydrogen-bond acceptors (Lipinski definition) is 3. The molecule has 3 rings (SSSR count). The molecule has 2 fully saturated rings. The molecule has 0 aromatic carbocycles. The Kier molecular flexibility index (Phi) is 11.8. The molecule has 1 N–H and O–H groups in total. The summed E-state index contributed by atoms with van der Waals surface area (Å²) in [6, 6.07) is 0. The maximum atomic E-state index is 11.5. The Morgan fingerprint density at radius 2 is 1.40 bits per heavy atom. The van der Waals surface area contributed by atoms with Crippen LogP contribution in [0.4, 0.5) is 0 Å². The quantitative estimate of drug-likeness (QED) is 0.414. The zero-order chi connectivity index (χ0) is 23.6. The molecule has 170 valence electrons. The summed E-state index contributed by atoms with van der Waals surface area (Å²) in [6.07, 6.45) is 7.65. The molecule has 5 heteroatoms. The van der Waals surface area contributed by atoms with Crippen molar-refractivity contribution in [3.63, 3.8) is 0 Å². The molecule has 1 heterocycles. The standard InChI is InChI=1S/C18H23BO4.C3H8.2C2H6/c1-16(2)17(3,4)23-19(22-16)14-8-6-5-7-13(9-10-14)18(11-12-18)15(20)21;1-3-2;2*1-2/h9-10H,7-8,11-12H2,1-4H3,(H,20,21);3H2,1-2H3;2*1-2H3/b13-9+,14-10+;;;. The van der Waals surface area contributed by atoms with Gasteiger partial charge in [-0.1, -0.05) is 72.0 Å². The summed E-state index contributed by atoms with van der Waals surface area (Å²) < 4.78 is 12.2. The first-order valence-electron chi connectivity index (χ1n) is 11.5. The van der Waals surface area contributed by atoms with Crippen molar-refractivity contribution in [1.29, 1.82) is 0 Å². The highest BCUT2D eigenvalue weighted by Gasteiger charge is 2.54. The van der Waals surface area contributed by atoms with E-state index in [9.17, 15) is 9.90 Å². The van der Waals surface area contributed by atoms with Crippen LogP contribution in [0, 0.1) is 17.3 Å². The lowest BCUT2D eigenvalue weighted by molar-refractivity contribution is -0.141. The van der Waals surface area contributed by atoms with Gasteiger partial charge in [0.05, 0.1) is 16.6 Å². The molecule has 0 aromatic rings. The van der Waals surface area contributed by atoms with E-state index < -0.39 is 18.5 Å². The van der Waals surface area contributed by atoms with Gasteiger partial charge < -0.3 is 14.4 Å². The molecule has 0 bridgehead atoms. The number of allylic oxidation sites excluding steroid dienone is 3. The summed E-state index contributed by atoms with van der Waals surface area (Å²) in [6.45, 7) is 20.3. The first kappa shape index (κ1) is 28.5. The summed E-state index contributed by atoms with van der Waals surface area (Å²) >= 11 is 0. The third-order valence-electron chi connectivity index (χ3n) is 5.53. The van der Waals surface area contributed by atoms with Crippen molar-refractivity contribution in [2.24, 2.45) is 5.41 Å². The second-order valence-corrected chi connectivity index (χ2v) is 8.32. The molecule has 1 aliphatic heterocycles. The number of carboxylic acids is 1. The van der Waals surface area contributed by atoms with Crippen LogP contribution in [-0.4, -0.2) is 29.4 Å². The molecule has 30 heavy (non-hydrogen) atoms. The summed E-state index contributed by atoms with van der Waals surface area (Å²) in [5.74, 6) is 5.49. The fraction of sp³-hybridized carbons (Fsp3) is 0.720. The molecule has 0 aromatic heterocycles. The van der Waals surface area contributed by atoms with Crippen molar-refractivity contribution in [1.82, 2.24) is 0 Å². The maximum absolute atomic E-state index is 11.5. The van der Waals surface area contributed by atoms with E-state index in [-0.39, 0.29) is 11.2 Å². The van der Waals surface area contributed by atoms with Gasteiger partial charge in [-0.25, -0.2) is 0 Å². The van der Waals surface area contributed by atoms with Gasteiger partial charge in [0, 0.05) is 12.8 Å². The zero-order valence-electron chi connectivity index (χ0n) is 20.9. The molecule has 1 saturated heterocycles. The van der Waals surface area contributed by atoms with Crippen molar-refractivity contribution in [3.8, 4) is 11.8 Å². The second-order valence-electron chi connectivity index (χ2n) is 8.32. The Labute approximate surface area is 185 Å².